The topological polar surface area (TPSA) is 167 Å². The molecule has 0 radical (unpaired) electrons. The largest absolute Gasteiger partial charge is 0.490 e. The molecular weight excluding hydrogens is 1020 g/mol. The van der Waals surface area contributed by atoms with Gasteiger partial charge in [0.2, 0.25) is 5.75 Å². The molecule has 2 rings (SSSR count). The first kappa shape index (κ1) is 73.5. The Morgan fingerprint density at radius 1 is 0.300 bits per heavy atom. The molecule has 0 bridgehead atoms. The quantitative estimate of drug-likeness (QED) is 0.0621. The molecule has 0 saturated carbocycles. The van der Waals surface area contributed by atoms with E-state index in [-0.39, 0.29) is 0 Å². The number of rotatable bonds is 65. The number of aryl methyl sites for hydroxylation is 2. The maximum Gasteiger partial charge on any atom is 0.203 e. The molecule has 0 unspecified atom stereocenters. The standard InChI is InChI=1S/C63H116N2O15/c1-57-60(58(2)65-64-57)54-59-55-61(78-33-27-21-15-9-6-12-18-24-30-69-42-45-75-51-48-72-39-36-66-3)63(80-35-29-23-17-11-8-14-20-26-32-71-44-47-77-53-50-74-41-38-68-5)62(56-59)79-34-28-22-16-10-7-13-19-25-31-70-43-46-76-52-49-73-40-37-67-4/h55-56H,6-54H2,1-5H3,(H,64,65). The van der Waals surface area contributed by atoms with Crippen LogP contribution in [0, 0.1) is 13.8 Å². The van der Waals surface area contributed by atoms with Crippen molar-refractivity contribution >= 4 is 0 Å². The van der Waals surface area contributed by atoms with Crippen LogP contribution in [0.3, 0.4) is 0 Å². The Hall–Kier alpha value is -2.65. The van der Waals surface area contributed by atoms with E-state index in [1.54, 1.807) is 21.3 Å². The number of nitrogens with zero attached hydrogens (tertiary/aromatic N) is 1. The maximum absolute atomic E-state index is 6.68. The number of methoxy groups -OCH3 is 3. The summed E-state index contributed by atoms with van der Waals surface area (Å²) in [4.78, 5) is 0. The lowest BCUT2D eigenvalue weighted by Crippen LogP contribution is -2.11. The lowest BCUT2D eigenvalue weighted by Gasteiger charge is -2.19. The second-order valence-electron chi connectivity index (χ2n) is 20.5. The zero-order chi connectivity index (χ0) is 57.1. The van der Waals surface area contributed by atoms with Gasteiger partial charge in [-0.25, -0.2) is 0 Å². The molecule has 17 heteroatoms. The molecule has 1 aromatic heterocycles. The number of hydrogen-bond donors (Lipinski definition) is 1. The first-order valence-electron chi connectivity index (χ1n) is 31.3. The summed E-state index contributed by atoms with van der Waals surface area (Å²) in [7, 11) is 5.02. The van der Waals surface area contributed by atoms with E-state index in [4.69, 9.17) is 71.1 Å². The molecule has 2 aromatic rings. The minimum absolute atomic E-state index is 0.587. The molecule has 0 spiro atoms. The van der Waals surface area contributed by atoms with Crippen LogP contribution in [0.2, 0.25) is 0 Å². The van der Waals surface area contributed by atoms with Crippen molar-refractivity contribution < 1.29 is 71.1 Å². The number of nitrogens with one attached hydrogen (secondary N) is 1. The van der Waals surface area contributed by atoms with Gasteiger partial charge in [0.15, 0.2) is 11.5 Å². The Bertz CT molecular complexity index is 1500. The summed E-state index contributed by atoms with van der Waals surface area (Å²) < 4.78 is 85.2. The molecule has 0 amide bonds. The van der Waals surface area contributed by atoms with Crippen LogP contribution in [0.1, 0.15) is 177 Å². The van der Waals surface area contributed by atoms with Gasteiger partial charge >= 0.3 is 0 Å². The van der Waals surface area contributed by atoms with Gasteiger partial charge in [-0.05, 0) is 70.1 Å². The van der Waals surface area contributed by atoms with Gasteiger partial charge in [-0.3, -0.25) is 5.10 Å². The first-order valence-corrected chi connectivity index (χ1v) is 31.3. The fraction of sp³-hybridized carbons (Fsp3) is 0.857. The highest BCUT2D eigenvalue weighted by molar-refractivity contribution is 5.55. The third-order valence-electron chi connectivity index (χ3n) is 13.6. The number of aromatic nitrogens is 2. The Labute approximate surface area is 485 Å². The van der Waals surface area contributed by atoms with Gasteiger partial charge in [0, 0.05) is 58.8 Å². The van der Waals surface area contributed by atoms with Gasteiger partial charge in [-0.1, -0.05) is 116 Å². The third kappa shape index (κ3) is 44.9. The molecule has 0 aliphatic carbocycles. The number of benzene rings is 1. The molecule has 17 nitrogen and oxygen atoms in total. The third-order valence-corrected chi connectivity index (χ3v) is 13.6. The second-order valence-corrected chi connectivity index (χ2v) is 20.5. The maximum atomic E-state index is 6.68. The van der Waals surface area contributed by atoms with E-state index < -0.39 is 0 Å². The number of aromatic amines is 1. The van der Waals surface area contributed by atoms with Crippen LogP contribution in [0.25, 0.3) is 0 Å². The Morgan fingerprint density at radius 3 is 0.825 bits per heavy atom. The van der Waals surface area contributed by atoms with Crippen molar-refractivity contribution in [3.63, 3.8) is 0 Å². The molecule has 468 valence electrons. The van der Waals surface area contributed by atoms with Crippen molar-refractivity contribution in [2.45, 2.75) is 174 Å². The lowest BCUT2D eigenvalue weighted by atomic mass is 10.0. The Balaban J connectivity index is 1.80. The zero-order valence-corrected chi connectivity index (χ0v) is 51.4. The predicted octanol–water partition coefficient (Wildman–Crippen LogP) is 12.2. The highest BCUT2D eigenvalue weighted by Crippen LogP contribution is 2.40. The smallest absolute Gasteiger partial charge is 0.203 e. The zero-order valence-electron chi connectivity index (χ0n) is 51.4. The number of unbranched alkanes of at least 4 members (excludes halogenated alkanes) is 21. The molecule has 80 heavy (non-hydrogen) atoms. The van der Waals surface area contributed by atoms with Gasteiger partial charge < -0.3 is 71.1 Å². The normalized spacial score (nSPS) is 11.6. The highest BCUT2D eigenvalue weighted by atomic mass is 16.6. The van der Waals surface area contributed by atoms with E-state index >= 15 is 0 Å². The van der Waals surface area contributed by atoms with Gasteiger partial charge in [-0.15, -0.1) is 0 Å². The van der Waals surface area contributed by atoms with Crippen molar-refractivity contribution in [1.29, 1.82) is 0 Å². The van der Waals surface area contributed by atoms with E-state index in [9.17, 15) is 0 Å². The number of hydrogen-bond acceptors (Lipinski definition) is 16. The second kappa shape index (κ2) is 58.1. The van der Waals surface area contributed by atoms with Gasteiger partial charge in [0.05, 0.1) is 144 Å². The highest BCUT2D eigenvalue weighted by Gasteiger charge is 2.18. The average molecular weight is 1140 g/mol. The summed E-state index contributed by atoms with van der Waals surface area (Å²) >= 11 is 0. The molecule has 0 saturated heterocycles. The van der Waals surface area contributed by atoms with E-state index in [2.05, 4.69) is 36.2 Å². The van der Waals surface area contributed by atoms with E-state index in [1.165, 1.54) is 102 Å². The molecule has 1 N–H and O–H groups in total. The minimum Gasteiger partial charge on any atom is -0.490 e. The van der Waals surface area contributed by atoms with Crippen molar-refractivity contribution in [3.05, 3.63) is 34.6 Å². The average Bonchev–Trinajstić information content (AvgIpc) is 3.79. The van der Waals surface area contributed by atoms with Crippen LogP contribution < -0.4 is 14.2 Å². The van der Waals surface area contributed by atoms with Crippen LogP contribution in [-0.4, -0.2) is 190 Å². The van der Waals surface area contributed by atoms with Crippen LogP contribution in [-0.2, 0) is 63.3 Å². The SMILES string of the molecule is COCCOCCOCCOCCCCCCCCCCOc1cc(Cc2c(C)n[nH]c2C)cc(OCCCCCCCCCCOCCOCCOCCOC)c1OCCCCCCCCCCOCCOCCOCCOC. The summed E-state index contributed by atoms with van der Waals surface area (Å²) in [5.41, 5.74) is 4.46. The van der Waals surface area contributed by atoms with Gasteiger partial charge in [0.1, 0.15) is 0 Å². The molecule has 1 heterocycles. The lowest BCUT2D eigenvalue weighted by molar-refractivity contribution is 0.00323. The number of H-pyrrole nitrogens is 1. The molecule has 0 fully saturated rings. The Kier molecular flexibility index (Phi) is 53.4. The van der Waals surface area contributed by atoms with Crippen molar-refractivity contribution in [3.8, 4) is 17.2 Å². The van der Waals surface area contributed by atoms with Gasteiger partial charge in [-0.2, -0.15) is 5.10 Å². The van der Waals surface area contributed by atoms with Crippen LogP contribution in [0.5, 0.6) is 17.2 Å². The molecule has 0 atom stereocenters. The molecule has 0 aliphatic rings. The fourth-order valence-corrected chi connectivity index (χ4v) is 8.82. The summed E-state index contributed by atoms with van der Waals surface area (Å²) in [6.07, 6.45) is 28.9. The molecule has 0 aliphatic heterocycles. The van der Waals surface area contributed by atoms with Crippen molar-refractivity contribution in [2.75, 3.05) is 180 Å². The van der Waals surface area contributed by atoms with Crippen LogP contribution in [0.4, 0.5) is 0 Å². The summed E-state index contributed by atoms with van der Waals surface area (Å²) in [6, 6.07) is 4.36. The first-order chi connectivity index (χ1) is 39.6. The van der Waals surface area contributed by atoms with E-state index in [0.717, 1.165) is 118 Å². The van der Waals surface area contributed by atoms with Crippen molar-refractivity contribution in [1.82, 2.24) is 10.2 Å². The molecule has 1 aromatic carbocycles. The predicted molar refractivity (Wildman–Crippen MR) is 318 cm³/mol. The fourth-order valence-electron chi connectivity index (χ4n) is 8.82. The van der Waals surface area contributed by atoms with E-state index in [0.29, 0.717) is 139 Å². The summed E-state index contributed by atoms with van der Waals surface area (Å²) in [6.45, 7) is 19.3. The minimum atomic E-state index is 0.587. The summed E-state index contributed by atoms with van der Waals surface area (Å²) in [5, 5.41) is 7.67. The van der Waals surface area contributed by atoms with E-state index in [1.807, 2.05) is 0 Å². The monoisotopic (exact) mass is 1140 g/mol. The van der Waals surface area contributed by atoms with Crippen molar-refractivity contribution in [2.24, 2.45) is 0 Å². The molecular formula is C63H116N2O15. The summed E-state index contributed by atoms with van der Waals surface area (Å²) in [5.74, 6) is 2.32. The van der Waals surface area contributed by atoms with Gasteiger partial charge in [0.25, 0.3) is 0 Å². The number of ether oxygens (including phenoxy) is 15. The van der Waals surface area contributed by atoms with Crippen LogP contribution in [0.15, 0.2) is 12.1 Å². The van der Waals surface area contributed by atoms with Crippen LogP contribution >= 0.6 is 0 Å². The Morgan fingerprint density at radius 2 is 0.550 bits per heavy atom.